The van der Waals surface area contributed by atoms with E-state index in [0.29, 0.717) is 12.1 Å². The van der Waals surface area contributed by atoms with Crippen LogP contribution < -0.4 is 5.32 Å². The topological polar surface area (TPSA) is 68.1 Å². The number of hydrogen-bond acceptors (Lipinski definition) is 5. The molecule has 1 heterocycles. The molecular weight excluding hydrogens is 330 g/mol. The zero-order valence-electron chi connectivity index (χ0n) is 10.0. The minimum absolute atomic E-state index is 0.143. The average molecular weight is 342 g/mol. The number of hydrogen-bond donors (Lipinski definition) is 1. The van der Waals surface area contributed by atoms with Gasteiger partial charge in [-0.25, -0.2) is 4.98 Å². The first-order valence-corrected chi connectivity index (χ1v) is 7.36. The highest BCUT2D eigenvalue weighted by Gasteiger charge is 2.13. The van der Waals surface area contributed by atoms with Gasteiger partial charge in [-0.15, -0.1) is 11.3 Å². The van der Waals surface area contributed by atoms with Gasteiger partial charge in [-0.2, -0.15) is 0 Å². The van der Waals surface area contributed by atoms with Crippen LogP contribution in [0.2, 0.25) is 0 Å². The van der Waals surface area contributed by atoms with E-state index in [2.05, 4.69) is 26.2 Å². The van der Waals surface area contributed by atoms with Gasteiger partial charge in [0.15, 0.2) is 0 Å². The lowest BCUT2D eigenvalue weighted by molar-refractivity contribution is -0.385. The van der Waals surface area contributed by atoms with Crippen LogP contribution in [-0.2, 0) is 13.0 Å². The zero-order chi connectivity index (χ0) is 13.7. The number of aromatic nitrogens is 1. The fraction of sp³-hybridized carbons (Fsp3) is 0.250. The molecule has 0 saturated heterocycles. The van der Waals surface area contributed by atoms with E-state index in [9.17, 15) is 10.1 Å². The first-order chi connectivity index (χ1) is 9.16. The molecule has 1 aromatic carbocycles. The molecule has 2 rings (SSSR count). The summed E-state index contributed by atoms with van der Waals surface area (Å²) in [5.41, 5.74) is 0.823. The largest absolute Gasteiger partial charge is 0.312 e. The number of nitrogens with zero attached hydrogens (tertiary/aromatic N) is 2. The molecule has 7 heteroatoms. The smallest absolute Gasteiger partial charge is 0.273 e. The van der Waals surface area contributed by atoms with Crippen LogP contribution in [0.15, 0.2) is 34.2 Å². The summed E-state index contributed by atoms with van der Waals surface area (Å²) in [5.74, 6) is 0. The molecule has 0 unspecified atom stereocenters. The van der Waals surface area contributed by atoms with Crippen molar-refractivity contribution in [3.8, 4) is 0 Å². The van der Waals surface area contributed by atoms with Crippen LogP contribution in [0.4, 0.5) is 5.69 Å². The summed E-state index contributed by atoms with van der Waals surface area (Å²) in [6.07, 6.45) is 2.61. The monoisotopic (exact) mass is 341 g/mol. The van der Waals surface area contributed by atoms with E-state index in [-0.39, 0.29) is 10.6 Å². The molecule has 0 amide bonds. The van der Waals surface area contributed by atoms with Crippen molar-refractivity contribution in [2.24, 2.45) is 0 Å². The maximum Gasteiger partial charge on any atom is 0.273 e. The van der Waals surface area contributed by atoms with Gasteiger partial charge < -0.3 is 5.32 Å². The number of thiazole rings is 1. The van der Waals surface area contributed by atoms with E-state index in [4.69, 9.17) is 0 Å². The molecule has 5 nitrogen and oxygen atoms in total. The first-order valence-electron chi connectivity index (χ1n) is 5.68. The zero-order valence-corrected chi connectivity index (χ0v) is 12.4. The van der Waals surface area contributed by atoms with E-state index in [0.717, 1.165) is 22.4 Å². The Hall–Kier alpha value is -1.31. The van der Waals surface area contributed by atoms with Gasteiger partial charge >= 0.3 is 0 Å². The molecule has 100 valence electrons. The highest BCUT2D eigenvalue weighted by molar-refractivity contribution is 9.10. The Balaban J connectivity index is 1.91. The van der Waals surface area contributed by atoms with Gasteiger partial charge in [-0.05, 0) is 12.1 Å². The predicted molar refractivity (Wildman–Crippen MR) is 78.3 cm³/mol. The van der Waals surface area contributed by atoms with E-state index in [1.807, 2.05) is 5.38 Å². The van der Waals surface area contributed by atoms with E-state index in [1.54, 1.807) is 29.7 Å². The van der Waals surface area contributed by atoms with Crippen molar-refractivity contribution >= 4 is 33.0 Å². The minimum Gasteiger partial charge on any atom is -0.312 e. The molecule has 0 spiro atoms. The predicted octanol–water partition coefficient (Wildman–Crippen LogP) is 3.15. The molecule has 1 aromatic heterocycles. The third kappa shape index (κ3) is 4.09. The van der Waals surface area contributed by atoms with Crippen LogP contribution in [0.1, 0.15) is 10.6 Å². The van der Waals surface area contributed by atoms with Crippen molar-refractivity contribution in [1.29, 1.82) is 0 Å². The van der Waals surface area contributed by atoms with Crippen molar-refractivity contribution in [1.82, 2.24) is 10.3 Å². The van der Waals surface area contributed by atoms with E-state index >= 15 is 0 Å². The highest BCUT2D eigenvalue weighted by Crippen LogP contribution is 2.22. The molecule has 0 saturated carbocycles. The second-order valence-electron chi connectivity index (χ2n) is 3.88. The van der Waals surface area contributed by atoms with Gasteiger partial charge in [0, 0.05) is 47.2 Å². The molecule has 0 atom stereocenters. The molecule has 0 radical (unpaired) electrons. The first kappa shape index (κ1) is 14.1. The van der Waals surface area contributed by atoms with Gasteiger partial charge in [0.25, 0.3) is 5.69 Å². The summed E-state index contributed by atoms with van der Waals surface area (Å²) in [5, 5.41) is 17.1. The van der Waals surface area contributed by atoms with Crippen LogP contribution in [-0.4, -0.2) is 16.5 Å². The number of benzene rings is 1. The third-order valence-electron chi connectivity index (χ3n) is 2.55. The Kier molecular flexibility index (Phi) is 5.00. The van der Waals surface area contributed by atoms with Gasteiger partial charge in [-0.1, -0.05) is 15.9 Å². The van der Waals surface area contributed by atoms with Gasteiger partial charge in [0.05, 0.1) is 9.93 Å². The van der Waals surface area contributed by atoms with Crippen molar-refractivity contribution in [3.63, 3.8) is 0 Å². The Labute approximate surface area is 123 Å². The van der Waals surface area contributed by atoms with Gasteiger partial charge in [-0.3, -0.25) is 10.1 Å². The second-order valence-corrected chi connectivity index (χ2v) is 5.78. The van der Waals surface area contributed by atoms with Gasteiger partial charge in [0.2, 0.25) is 0 Å². The lowest BCUT2D eigenvalue weighted by atomic mass is 10.2. The maximum absolute atomic E-state index is 10.9. The molecule has 1 N–H and O–H groups in total. The highest BCUT2D eigenvalue weighted by atomic mass is 79.9. The number of halogens is 1. The molecular formula is C12H12BrN3O2S. The van der Waals surface area contributed by atoms with Crippen LogP contribution >= 0.6 is 27.3 Å². The Morgan fingerprint density at radius 3 is 3.00 bits per heavy atom. The van der Waals surface area contributed by atoms with Gasteiger partial charge in [0.1, 0.15) is 0 Å². The summed E-state index contributed by atoms with van der Waals surface area (Å²) < 4.78 is 0.842. The summed E-state index contributed by atoms with van der Waals surface area (Å²) in [4.78, 5) is 14.7. The van der Waals surface area contributed by atoms with Crippen LogP contribution in [0, 0.1) is 10.1 Å². The van der Waals surface area contributed by atoms with Crippen molar-refractivity contribution in [3.05, 3.63) is 54.9 Å². The van der Waals surface area contributed by atoms with Crippen LogP contribution in [0.5, 0.6) is 0 Å². The number of nitro benzene ring substituents is 1. The Bertz CT molecular complexity index is 560. The third-order valence-corrected chi connectivity index (χ3v) is 3.89. The summed E-state index contributed by atoms with van der Waals surface area (Å²) in [6.45, 7) is 1.22. The quantitative estimate of drug-likeness (QED) is 0.497. The number of nitrogens with one attached hydrogen (secondary N) is 1. The Morgan fingerprint density at radius 1 is 1.47 bits per heavy atom. The second kappa shape index (κ2) is 6.74. The molecule has 2 aromatic rings. The summed E-state index contributed by atoms with van der Waals surface area (Å²) in [7, 11) is 0. The van der Waals surface area contributed by atoms with Crippen molar-refractivity contribution in [2.45, 2.75) is 13.0 Å². The van der Waals surface area contributed by atoms with E-state index < -0.39 is 0 Å². The van der Waals surface area contributed by atoms with Crippen molar-refractivity contribution in [2.75, 3.05) is 6.54 Å². The minimum atomic E-state index is -0.357. The number of rotatable bonds is 6. The summed E-state index contributed by atoms with van der Waals surface area (Å²) >= 11 is 4.94. The SMILES string of the molecule is O=[N+]([O-])c1ccc(Br)cc1CNCCc1nccs1. The van der Waals surface area contributed by atoms with Crippen molar-refractivity contribution < 1.29 is 4.92 Å². The summed E-state index contributed by atoms with van der Waals surface area (Å²) in [6, 6.07) is 4.97. The molecule has 0 bridgehead atoms. The molecule has 0 aliphatic rings. The van der Waals surface area contributed by atoms with Crippen LogP contribution in [0.25, 0.3) is 0 Å². The lowest BCUT2D eigenvalue weighted by Gasteiger charge is -2.05. The fourth-order valence-electron chi connectivity index (χ4n) is 1.67. The van der Waals surface area contributed by atoms with Crippen LogP contribution in [0.3, 0.4) is 0 Å². The normalized spacial score (nSPS) is 10.6. The lowest BCUT2D eigenvalue weighted by Crippen LogP contribution is -2.17. The fourth-order valence-corrected chi connectivity index (χ4v) is 2.70. The number of nitro groups is 1. The molecule has 19 heavy (non-hydrogen) atoms. The molecule has 0 aliphatic carbocycles. The molecule has 0 fully saturated rings. The maximum atomic E-state index is 10.9. The Morgan fingerprint density at radius 2 is 2.32 bits per heavy atom. The standard InChI is InChI=1S/C12H12BrN3O2S/c13-10-1-2-11(16(17)18)9(7-10)8-14-4-3-12-15-5-6-19-12/h1-2,5-7,14H,3-4,8H2. The average Bonchev–Trinajstić information content (AvgIpc) is 2.87. The van der Waals surface area contributed by atoms with E-state index in [1.165, 1.54) is 6.07 Å². The molecule has 0 aliphatic heterocycles.